The monoisotopic (exact) mass is 271 g/mol. The van der Waals surface area contributed by atoms with Gasteiger partial charge in [0.2, 0.25) is 0 Å². The number of nitrogens with one attached hydrogen (secondary N) is 1. The molecule has 1 fully saturated rings. The molecule has 0 heterocycles. The summed E-state index contributed by atoms with van der Waals surface area (Å²) in [5.41, 5.74) is 1.12. The summed E-state index contributed by atoms with van der Waals surface area (Å²) in [6.45, 7) is 0.821. The van der Waals surface area contributed by atoms with Gasteiger partial charge in [-0.15, -0.1) is 0 Å². The summed E-state index contributed by atoms with van der Waals surface area (Å²) in [6.07, 6.45) is 6.08. The molecular formula is C13H18ClNOS. The highest BCUT2D eigenvalue weighted by molar-refractivity contribution is 7.99. The molecule has 94 valence electrons. The van der Waals surface area contributed by atoms with Crippen LogP contribution in [0.25, 0.3) is 0 Å². The van der Waals surface area contributed by atoms with Gasteiger partial charge in [-0.2, -0.15) is 11.8 Å². The zero-order valence-corrected chi connectivity index (χ0v) is 11.5. The van der Waals surface area contributed by atoms with E-state index in [2.05, 4.69) is 11.6 Å². The topological polar surface area (TPSA) is 32.3 Å². The Labute approximate surface area is 112 Å². The Bertz CT molecular complexity index is 386. The zero-order chi connectivity index (χ0) is 12.3. The first-order valence-corrected chi connectivity index (χ1v) is 7.61. The van der Waals surface area contributed by atoms with Gasteiger partial charge in [0.25, 0.3) is 0 Å². The molecule has 0 saturated heterocycles. The number of aromatic hydroxyl groups is 1. The van der Waals surface area contributed by atoms with Gasteiger partial charge in [0.15, 0.2) is 0 Å². The van der Waals surface area contributed by atoms with E-state index in [1.165, 1.54) is 19.3 Å². The lowest BCUT2D eigenvalue weighted by Crippen LogP contribution is -2.33. The van der Waals surface area contributed by atoms with E-state index in [0.29, 0.717) is 11.1 Å². The van der Waals surface area contributed by atoms with Crippen molar-refractivity contribution in [1.82, 2.24) is 5.32 Å². The molecule has 2 nitrogen and oxygen atoms in total. The van der Waals surface area contributed by atoms with Gasteiger partial charge in [-0.05, 0) is 36.8 Å². The fraction of sp³-hybridized carbons (Fsp3) is 0.538. The average Bonchev–Trinajstić information content (AvgIpc) is 2.78. The van der Waals surface area contributed by atoms with Crippen LogP contribution in [0.5, 0.6) is 5.75 Å². The largest absolute Gasteiger partial charge is 0.506 e. The highest BCUT2D eigenvalue weighted by Crippen LogP contribution is 2.29. The number of halogens is 1. The smallest absolute Gasteiger partial charge is 0.134 e. The Morgan fingerprint density at radius 2 is 2.29 bits per heavy atom. The first kappa shape index (κ1) is 13.1. The quantitative estimate of drug-likeness (QED) is 0.880. The van der Waals surface area contributed by atoms with Gasteiger partial charge in [-0.3, -0.25) is 0 Å². The van der Waals surface area contributed by atoms with E-state index < -0.39 is 0 Å². The summed E-state index contributed by atoms with van der Waals surface area (Å²) >= 11 is 7.84. The van der Waals surface area contributed by atoms with Crippen molar-refractivity contribution in [3.8, 4) is 5.75 Å². The summed E-state index contributed by atoms with van der Waals surface area (Å²) in [4.78, 5) is 0. The number of hydrogen-bond donors (Lipinski definition) is 2. The van der Waals surface area contributed by atoms with Crippen molar-refractivity contribution < 1.29 is 5.11 Å². The number of benzene rings is 1. The molecular weight excluding hydrogens is 254 g/mol. The lowest BCUT2D eigenvalue weighted by molar-refractivity contribution is 0.475. The van der Waals surface area contributed by atoms with Crippen LogP contribution in [-0.4, -0.2) is 22.7 Å². The van der Waals surface area contributed by atoms with Crippen LogP contribution >= 0.6 is 23.4 Å². The predicted octanol–water partition coefficient (Wildman–Crippen LogP) is 3.42. The molecule has 1 saturated carbocycles. The molecule has 0 amide bonds. The molecule has 0 radical (unpaired) electrons. The molecule has 1 aromatic rings. The Morgan fingerprint density at radius 3 is 3.00 bits per heavy atom. The number of hydrogen-bond acceptors (Lipinski definition) is 3. The summed E-state index contributed by atoms with van der Waals surface area (Å²) in [5.74, 6) is 0.151. The van der Waals surface area contributed by atoms with Crippen LogP contribution in [0.3, 0.4) is 0 Å². The maximum atomic E-state index is 9.35. The maximum absolute atomic E-state index is 9.35. The highest BCUT2D eigenvalue weighted by atomic mass is 35.5. The van der Waals surface area contributed by atoms with Crippen molar-refractivity contribution in [2.75, 3.05) is 6.26 Å². The van der Waals surface area contributed by atoms with E-state index in [1.54, 1.807) is 6.07 Å². The lowest BCUT2D eigenvalue weighted by atomic mass is 10.2. The van der Waals surface area contributed by atoms with E-state index in [9.17, 15) is 5.11 Å². The summed E-state index contributed by atoms with van der Waals surface area (Å²) < 4.78 is 0. The molecule has 0 aromatic heterocycles. The van der Waals surface area contributed by atoms with Crippen LogP contribution in [0, 0.1) is 0 Å². The second kappa shape index (κ2) is 5.98. The Balaban J connectivity index is 1.91. The van der Waals surface area contributed by atoms with E-state index in [0.717, 1.165) is 17.4 Å². The summed E-state index contributed by atoms with van der Waals surface area (Å²) in [5, 5.41) is 14.1. The van der Waals surface area contributed by atoms with Crippen molar-refractivity contribution in [2.45, 2.75) is 37.1 Å². The van der Waals surface area contributed by atoms with E-state index in [-0.39, 0.29) is 5.75 Å². The standard InChI is InChI=1S/C13H18ClNOS/c1-17-13-4-2-3-11(13)15-8-9-5-6-12(16)10(14)7-9/h5-7,11,13,15-16H,2-4,8H2,1H3. The molecule has 2 atom stereocenters. The number of thioether (sulfide) groups is 1. The lowest BCUT2D eigenvalue weighted by Gasteiger charge is -2.19. The average molecular weight is 272 g/mol. The van der Waals surface area contributed by atoms with Gasteiger partial charge in [0.05, 0.1) is 5.02 Å². The van der Waals surface area contributed by atoms with E-state index >= 15 is 0 Å². The second-order valence-corrected chi connectivity index (χ2v) is 5.96. The van der Waals surface area contributed by atoms with Gasteiger partial charge < -0.3 is 10.4 Å². The minimum absolute atomic E-state index is 0.151. The second-order valence-electron chi connectivity index (χ2n) is 4.48. The molecule has 0 bridgehead atoms. The first-order chi connectivity index (χ1) is 8.20. The summed E-state index contributed by atoms with van der Waals surface area (Å²) in [6, 6.07) is 6.00. The van der Waals surface area contributed by atoms with Crippen molar-refractivity contribution in [3.63, 3.8) is 0 Å². The molecule has 2 N–H and O–H groups in total. The van der Waals surface area contributed by atoms with Gasteiger partial charge in [0, 0.05) is 17.8 Å². The fourth-order valence-corrected chi connectivity index (χ4v) is 3.52. The Kier molecular flexibility index (Phi) is 4.60. The predicted molar refractivity (Wildman–Crippen MR) is 74.9 cm³/mol. The van der Waals surface area contributed by atoms with E-state index in [1.807, 2.05) is 23.9 Å². The minimum atomic E-state index is 0.151. The van der Waals surface area contributed by atoms with Crippen LogP contribution in [0.4, 0.5) is 0 Å². The molecule has 1 aliphatic rings. The molecule has 1 aliphatic carbocycles. The molecule has 4 heteroatoms. The van der Waals surface area contributed by atoms with Crippen molar-refractivity contribution in [3.05, 3.63) is 28.8 Å². The fourth-order valence-electron chi connectivity index (χ4n) is 2.35. The van der Waals surface area contributed by atoms with Crippen LogP contribution in [-0.2, 0) is 6.54 Å². The molecule has 2 rings (SSSR count). The van der Waals surface area contributed by atoms with Crippen LogP contribution in [0.2, 0.25) is 5.02 Å². The number of rotatable bonds is 4. The molecule has 0 aliphatic heterocycles. The van der Waals surface area contributed by atoms with Gasteiger partial charge in [-0.25, -0.2) is 0 Å². The van der Waals surface area contributed by atoms with Crippen molar-refractivity contribution >= 4 is 23.4 Å². The zero-order valence-electron chi connectivity index (χ0n) is 9.95. The molecule has 1 aromatic carbocycles. The summed E-state index contributed by atoms with van der Waals surface area (Å²) in [7, 11) is 0. The van der Waals surface area contributed by atoms with Crippen molar-refractivity contribution in [2.24, 2.45) is 0 Å². The Morgan fingerprint density at radius 1 is 1.47 bits per heavy atom. The molecule has 17 heavy (non-hydrogen) atoms. The number of phenolic OH excluding ortho intramolecular Hbond substituents is 1. The molecule has 0 spiro atoms. The third kappa shape index (κ3) is 3.30. The third-order valence-corrected chi connectivity index (χ3v) is 4.81. The molecule has 2 unspecified atom stereocenters. The Hall–Kier alpha value is -0.380. The number of phenols is 1. The first-order valence-electron chi connectivity index (χ1n) is 5.94. The van der Waals surface area contributed by atoms with Crippen LogP contribution in [0.15, 0.2) is 18.2 Å². The normalized spacial score (nSPS) is 24.1. The third-order valence-electron chi connectivity index (χ3n) is 3.34. The van der Waals surface area contributed by atoms with Crippen LogP contribution < -0.4 is 5.32 Å². The van der Waals surface area contributed by atoms with Crippen LogP contribution in [0.1, 0.15) is 24.8 Å². The van der Waals surface area contributed by atoms with Gasteiger partial charge >= 0.3 is 0 Å². The highest BCUT2D eigenvalue weighted by Gasteiger charge is 2.25. The SMILES string of the molecule is CSC1CCCC1NCc1ccc(O)c(Cl)c1. The van der Waals surface area contributed by atoms with E-state index in [4.69, 9.17) is 11.6 Å². The van der Waals surface area contributed by atoms with Gasteiger partial charge in [0.1, 0.15) is 5.75 Å². The van der Waals surface area contributed by atoms with Crippen molar-refractivity contribution in [1.29, 1.82) is 0 Å². The van der Waals surface area contributed by atoms with Gasteiger partial charge in [-0.1, -0.05) is 24.1 Å². The minimum Gasteiger partial charge on any atom is -0.506 e. The maximum Gasteiger partial charge on any atom is 0.134 e.